The molecule has 132 valence electrons. The van der Waals surface area contributed by atoms with Gasteiger partial charge in [0.15, 0.2) is 0 Å². The van der Waals surface area contributed by atoms with Crippen molar-refractivity contribution in [3.05, 3.63) is 72.3 Å². The molecule has 0 saturated carbocycles. The molecule has 1 saturated heterocycles. The number of amides is 1. The number of carbonyl (C=O) groups excluding carboxylic acids is 1. The molecule has 0 aliphatic carbocycles. The number of carbonyl (C=O) groups is 1. The van der Waals surface area contributed by atoms with Gasteiger partial charge in [0.2, 0.25) is 0 Å². The van der Waals surface area contributed by atoms with Crippen LogP contribution >= 0.6 is 0 Å². The van der Waals surface area contributed by atoms with Gasteiger partial charge in [-0.25, -0.2) is 0 Å². The SMILES string of the molecule is CC1CCCCN1c1ccc(NC(=O)c2cccc3ccccc23)cc1. The summed E-state index contributed by atoms with van der Waals surface area (Å²) in [5.74, 6) is -0.0686. The molecule has 3 nitrogen and oxygen atoms in total. The maximum Gasteiger partial charge on any atom is 0.256 e. The topological polar surface area (TPSA) is 32.3 Å². The molecule has 1 heterocycles. The fraction of sp³-hybridized carbons (Fsp3) is 0.261. The van der Waals surface area contributed by atoms with E-state index >= 15 is 0 Å². The highest BCUT2D eigenvalue weighted by Gasteiger charge is 2.18. The zero-order chi connectivity index (χ0) is 17.9. The van der Waals surface area contributed by atoms with Gasteiger partial charge in [0.25, 0.3) is 5.91 Å². The van der Waals surface area contributed by atoms with Crippen LogP contribution in [-0.2, 0) is 0 Å². The molecule has 4 rings (SSSR count). The van der Waals surface area contributed by atoms with E-state index in [9.17, 15) is 4.79 Å². The van der Waals surface area contributed by atoms with Gasteiger partial charge in [-0.3, -0.25) is 4.79 Å². The molecule has 1 unspecified atom stereocenters. The number of anilines is 2. The first-order valence-electron chi connectivity index (χ1n) is 9.38. The Balaban J connectivity index is 1.52. The van der Waals surface area contributed by atoms with Crippen molar-refractivity contribution in [1.29, 1.82) is 0 Å². The predicted molar refractivity (Wildman–Crippen MR) is 109 cm³/mol. The summed E-state index contributed by atoms with van der Waals surface area (Å²) < 4.78 is 0. The second kappa shape index (κ2) is 7.20. The maximum atomic E-state index is 12.7. The van der Waals surface area contributed by atoms with Crippen LogP contribution in [0.2, 0.25) is 0 Å². The number of fused-ring (bicyclic) bond motifs is 1. The van der Waals surface area contributed by atoms with Gasteiger partial charge in [-0.05, 0) is 67.3 Å². The standard InChI is InChI=1S/C23H24N2O/c1-17-7-4-5-16-25(17)20-14-12-19(13-15-20)24-23(26)22-11-6-9-18-8-2-3-10-21(18)22/h2-3,6,8-15,17H,4-5,7,16H2,1H3,(H,24,26). The molecule has 1 amide bonds. The Hall–Kier alpha value is -2.81. The zero-order valence-electron chi connectivity index (χ0n) is 15.1. The third kappa shape index (κ3) is 3.30. The van der Waals surface area contributed by atoms with Crippen LogP contribution in [0.1, 0.15) is 36.5 Å². The molecule has 3 heteroatoms. The van der Waals surface area contributed by atoms with Crippen molar-refractivity contribution in [1.82, 2.24) is 0 Å². The molecule has 1 aliphatic heterocycles. The van der Waals surface area contributed by atoms with E-state index in [2.05, 4.69) is 29.3 Å². The number of benzene rings is 3. The highest BCUT2D eigenvalue weighted by molar-refractivity contribution is 6.12. The van der Waals surface area contributed by atoms with Crippen molar-refractivity contribution < 1.29 is 4.79 Å². The van der Waals surface area contributed by atoms with Gasteiger partial charge in [-0.1, -0.05) is 36.4 Å². The molecular formula is C23H24N2O. The minimum absolute atomic E-state index is 0.0686. The molecule has 26 heavy (non-hydrogen) atoms. The Bertz CT molecular complexity index is 912. The Kier molecular flexibility index (Phi) is 4.61. The van der Waals surface area contributed by atoms with Gasteiger partial charge in [0, 0.05) is 29.5 Å². The van der Waals surface area contributed by atoms with E-state index in [-0.39, 0.29) is 5.91 Å². The fourth-order valence-corrected chi connectivity index (χ4v) is 3.84. The van der Waals surface area contributed by atoms with Crippen molar-refractivity contribution in [3.63, 3.8) is 0 Å². The van der Waals surface area contributed by atoms with Crippen LogP contribution in [0, 0.1) is 0 Å². The number of nitrogens with one attached hydrogen (secondary N) is 1. The van der Waals surface area contributed by atoms with Crippen LogP contribution < -0.4 is 10.2 Å². The van der Waals surface area contributed by atoms with Gasteiger partial charge in [0.05, 0.1) is 0 Å². The van der Waals surface area contributed by atoms with E-state index in [1.807, 2.05) is 54.6 Å². The average Bonchev–Trinajstić information content (AvgIpc) is 2.68. The first kappa shape index (κ1) is 16.6. The summed E-state index contributed by atoms with van der Waals surface area (Å²) >= 11 is 0. The lowest BCUT2D eigenvalue weighted by atomic mass is 10.0. The van der Waals surface area contributed by atoms with Crippen molar-refractivity contribution in [2.75, 3.05) is 16.8 Å². The summed E-state index contributed by atoms with van der Waals surface area (Å²) in [4.78, 5) is 15.2. The van der Waals surface area contributed by atoms with Gasteiger partial charge in [0.1, 0.15) is 0 Å². The molecule has 0 aromatic heterocycles. The van der Waals surface area contributed by atoms with E-state index in [1.165, 1.54) is 24.9 Å². The minimum Gasteiger partial charge on any atom is -0.369 e. The monoisotopic (exact) mass is 344 g/mol. The van der Waals surface area contributed by atoms with Crippen molar-refractivity contribution in [2.45, 2.75) is 32.2 Å². The van der Waals surface area contributed by atoms with E-state index in [0.717, 1.165) is 23.0 Å². The van der Waals surface area contributed by atoms with E-state index in [0.29, 0.717) is 11.6 Å². The number of piperidine rings is 1. The van der Waals surface area contributed by atoms with Crippen LogP contribution in [0.25, 0.3) is 10.8 Å². The molecule has 1 aliphatic rings. The predicted octanol–water partition coefficient (Wildman–Crippen LogP) is 5.47. The number of hydrogen-bond donors (Lipinski definition) is 1. The van der Waals surface area contributed by atoms with Gasteiger partial charge in [-0.15, -0.1) is 0 Å². The molecule has 3 aromatic carbocycles. The molecule has 0 bridgehead atoms. The molecule has 0 spiro atoms. The third-order valence-corrected chi connectivity index (χ3v) is 5.29. The van der Waals surface area contributed by atoms with Crippen LogP contribution in [-0.4, -0.2) is 18.5 Å². The molecular weight excluding hydrogens is 320 g/mol. The second-order valence-electron chi connectivity index (χ2n) is 7.07. The number of hydrogen-bond acceptors (Lipinski definition) is 2. The highest BCUT2D eigenvalue weighted by atomic mass is 16.1. The quantitative estimate of drug-likeness (QED) is 0.683. The Morgan fingerprint density at radius 3 is 2.54 bits per heavy atom. The van der Waals surface area contributed by atoms with Crippen molar-refractivity contribution in [3.8, 4) is 0 Å². The highest BCUT2D eigenvalue weighted by Crippen LogP contribution is 2.26. The second-order valence-corrected chi connectivity index (χ2v) is 7.07. The Morgan fingerprint density at radius 1 is 0.962 bits per heavy atom. The van der Waals surface area contributed by atoms with Gasteiger partial charge in [-0.2, -0.15) is 0 Å². The third-order valence-electron chi connectivity index (χ3n) is 5.29. The first-order chi connectivity index (χ1) is 12.7. The van der Waals surface area contributed by atoms with E-state index in [1.54, 1.807) is 0 Å². The average molecular weight is 344 g/mol. The summed E-state index contributed by atoms with van der Waals surface area (Å²) in [6, 6.07) is 22.6. The van der Waals surface area contributed by atoms with Gasteiger partial charge >= 0.3 is 0 Å². The lowest BCUT2D eigenvalue weighted by Crippen LogP contribution is -2.37. The summed E-state index contributed by atoms with van der Waals surface area (Å²) in [5.41, 5.74) is 2.77. The van der Waals surface area contributed by atoms with E-state index in [4.69, 9.17) is 0 Å². The molecule has 1 N–H and O–H groups in total. The van der Waals surface area contributed by atoms with Gasteiger partial charge < -0.3 is 10.2 Å². The zero-order valence-corrected chi connectivity index (χ0v) is 15.1. The Morgan fingerprint density at radius 2 is 1.73 bits per heavy atom. The van der Waals surface area contributed by atoms with E-state index < -0.39 is 0 Å². The lowest BCUT2D eigenvalue weighted by Gasteiger charge is -2.35. The van der Waals surface area contributed by atoms with Crippen LogP contribution in [0.5, 0.6) is 0 Å². The van der Waals surface area contributed by atoms with Crippen LogP contribution in [0.15, 0.2) is 66.7 Å². The first-order valence-corrected chi connectivity index (χ1v) is 9.38. The molecule has 0 radical (unpaired) electrons. The Labute approximate surface area is 154 Å². The lowest BCUT2D eigenvalue weighted by molar-refractivity contribution is 0.102. The summed E-state index contributed by atoms with van der Waals surface area (Å²) in [7, 11) is 0. The number of rotatable bonds is 3. The molecule has 1 atom stereocenters. The van der Waals surface area contributed by atoms with Crippen molar-refractivity contribution in [2.24, 2.45) is 0 Å². The molecule has 3 aromatic rings. The summed E-state index contributed by atoms with van der Waals surface area (Å²) in [6.45, 7) is 3.40. The largest absolute Gasteiger partial charge is 0.369 e. The number of nitrogens with zero attached hydrogens (tertiary/aromatic N) is 1. The minimum atomic E-state index is -0.0686. The summed E-state index contributed by atoms with van der Waals surface area (Å²) in [6.07, 6.45) is 3.82. The summed E-state index contributed by atoms with van der Waals surface area (Å²) in [5, 5.41) is 5.09. The fourth-order valence-electron chi connectivity index (χ4n) is 3.84. The van der Waals surface area contributed by atoms with Crippen LogP contribution in [0.3, 0.4) is 0 Å². The van der Waals surface area contributed by atoms with Crippen molar-refractivity contribution >= 4 is 28.1 Å². The normalized spacial score (nSPS) is 17.3. The maximum absolute atomic E-state index is 12.7. The smallest absolute Gasteiger partial charge is 0.256 e. The van der Waals surface area contributed by atoms with Crippen LogP contribution in [0.4, 0.5) is 11.4 Å². The molecule has 1 fully saturated rings.